The van der Waals surface area contributed by atoms with Crippen LogP contribution in [0.3, 0.4) is 0 Å². The number of hydrogen-bond acceptors (Lipinski definition) is 7. The van der Waals surface area contributed by atoms with Crippen molar-refractivity contribution in [3.8, 4) is 17.1 Å². The summed E-state index contributed by atoms with van der Waals surface area (Å²) in [5, 5.41) is 2.96. The van der Waals surface area contributed by atoms with Gasteiger partial charge in [-0.15, -0.1) is 0 Å². The minimum Gasteiger partial charge on any atom is -0.487 e. The zero-order valence-electron chi connectivity index (χ0n) is 18.8. The first kappa shape index (κ1) is 22.7. The SMILES string of the molecule is Cc1cc(C)nc(-c2cccc3c2O[C@H](CNC(=O)CCN(C)[C@@H]2CCS(=O)(=O)C2)C3)n1. The van der Waals surface area contributed by atoms with E-state index in [1.807, 2.05) is 50.1 Å². The largest absolute Gasteiger partial charge is 0.487 e. The topological polar surface area (TPSA) is 101 Å². The highest BCUT2D eigenvalue weighted by atomic mass is 32.2. The maximum Gasteiger partial charge on any atom is 0.221 e. The van der Waals surface area contributed by atoms with Gasteiger partial charge in [0.25, 0.3) is 0 Å². The van der Waals surface area contributed by atoms with Crippen molar-refractivity contribution in [1.82, 2.24) is 20.2 Å². The van der Waals surface area contributed by atoms with Crippen LogP contribution in [0.4, 0.5) is 0 Å². The first-order valence-electron chi connectivity index (χ1n) is 11.0. The van der Waals surface area contributed by atoms with Gasteiger partial charge in [0.05, 0.1) is 23.6 Å². The second-order valence-electron chi connectivity index (χ2n) is 8.80. The summed E-state index contributed by atoms with van der Waals surface area (Å²) in [6.45, 7) is 4.85. The minimum atomic E-state index is -2.92. The van der Waals surface area contributed by atoms with Gasteiger partial charge in [0, 0.05) is 36.8 Å². The lowest BCUT2D eigenvalue weighted by atomic mass is 10.1. The predicted molar refractivity (Wildman–Crippen MR) is 122 cm³/mol. The van der Waals surface area contributed by atoms with Crippen molar-refractivity contribution in [2.24, 2.45) is 0 Å². The maximum absolute atomic E-state index is 12.4. The second kappa shape index (κ2) is 9.15. The van der Waals surface area contributed by atoms with Gasteiger partial charge in [-0.25, -0.2) is 18.4 Å². The number of nitrogens with zero attached hydrogens (tertiary/aromatic N) is 3. The molecule has 3 heterocycles. The summed E-state index contributed by atoms with van der Waals surface area (Å²) < 4.78 is 29.5. The fourth-order valence-corrected chi connectivity index (χ4v) is 6.18. The molecule has 2 aromatic rings. The molecule has 2 aliphatic heterocycles. The average molecular weight is 459 g/mol. The summed E-state index contributed by atoms with van der Waals surface area (Å²) >= 11 is 0. The van der Waals surface area contributed by atoms with E-state index in [2.05, 4.69) is 15.3 Å². The third-order valence-electron chi connectivity index (χ3n) is 6.10. The lowest BCUT2D eigenvalue weighted by Gasteiger charge is -2.22. The normalized spacial score (nSPS) is 21.4. The summed E-state index contributed by atoms with van der Waals surface area (Å²) in [6.07, 6.45) is 1.54. The molecule has 0 radical (unpaired) electrons. The Hall–Kier alpha value is -2.52. The Morgan fingerprint density at radius 2 is 2.00 bits per heavy atom. The molecule has 8 nitrogen and oxygen atoms in total. The van der Waals surface area contributed by atoms with E-state index in [9.17, 15) is 13.2 Å². The van der Waals surface area contributed by atoms with Crippen molar-refractivity contribution in [1.29, 1.82) is 0 Å². The Labute approximate surface area is 189 Å². The molecular weight excluding hydrogens is 428 g/mol. The molecule has 0 unspecified atom stereocenters. The van der Waals surface area contributed by atoms with Gasteiger partial charge >= 0.3 is 0 Å². The van der Waals surface area contributed by atoms with Gasteiger partial charge in [0.1, 0.15) is 11.9 Å². The van der Waals surface area contributed by atoms with Gasteiger partial charge < -0.3 is 15.0 Å². The van der Waals surface area contributed by atoms with Crippen LogP contribution >= 0.6 is 0 Å². The van der Waals surface area contributed by atoms with Gasteiger partial charge in [-0.2, -0.15) is 0 Å². The molecule has 0 spiro atoms. The van der Waals surface area contributed by atoms with Crippen molar-refractivity contribution < 1.29 is 17.9 Å². The first-order chi connectivity index (χ1) is 15.2. The zero-order valence-corrected chi connectivity index (χ0v) is 19.6. The standard InChI is InChI=1S/C23H30N4O4S/c1-15-11-16(2)26-23(25-15)20-6-4-5-17-12-19(31-22(17)20)13-24-21(28)7-9-27(3)18-8-10-32(29,30)14-18/h4-6,11,18-19H,7-10,12-14H2,1-3H3,(H,24,28)/t18-,19+/m1/s1. The van der Waals surface area contributed by atoms with Crippen molar-refractivity contribution in [3.63, 3.8) is 0 Å². The number of sulfone groups is 1. The van der Waals surface area contributed by atoms with E-state index in [1.165, 1.54) is 0 Å². The van der Waals surface area contributed by atoms with Crippen LogP contribution in [0.1, 0.15) is 29.8 Å². The van der Waals surface area contributed by atoms with Crippen molar-refractivity contribution in [2.45, 2.75) is 45.3 Å². The molecule has 172 valence electrons. The molecule has 2 aliphatic rings. The van der Waals surface area contributed by atoms with Crippen LogP contribution in [-0.4, -0.2) is 73.0 Å². The molecule has 2 atom stereocenters. The van der Waals surface area contributed by atoms with Crippen LogP contribution in [0, 0.1) is 13.8 Å². The summed E-state index contributed by atoms with van der Waals surface area (Å²) in [4.78, 5) is 23.4. The fourth-order valence-electron chi connectivity index (χ4n) is 4.37. The lowest BCUT2D eigenvalue weighted by Crippen LogP contribution is -2.38. The van der Waals surface area contributed by atoms with E-state index in [1.54, 1.807) is 0 Å². The van der Waals surface area contributed by atoms with E-state index >= 15 is 0 Å². The Kier molecular flexibility index (Phi) is 6.48. The monoisotopic (exact) mass is 458 g/mol. The van der Waals surface area contributed by atoms with Crippen LogP contribution < -0.4 is 10.1 Å². The number of nitrogens with one attached hydrogen (secondary N) is 1. The Morgan fingerprint density at radius 3 is 2.69 bits per heavy atom. The van der Waals surface area contributed by atoms with Gasteiger partial charge in [-0.3, -0.25) is 4.79 Å². The van der Waals surface area contributed by atoms with Gasteiger partial charge in [0.15, 0.2) is 15.7 Å². The number of ether oxygens (including phenoxy) is 1. The number of aryl methyl sites for hydroxylation is 2. The summed E-state index contributed by atoms with van der Waals surface area (Å²) in [7, 11) is -1.04. The summed E-state index contributed by atoms with van der Waals surface area (Å²) in [5.41, 5.74) is 3.78. The molecule has 9 heteroatoms. The van der Waals surface area contributed by atoms with Crippen LogP contribution in [0.25, 0.3) is 11.4 Å². The number of aromatic nitrogens is 2. The average Bonchev–Trinajstić information content (AvgIpc) is 3.32. The predicted octanol–water partition coefficient (Wildman–Crippen LogP) is 1.69. The number of hydrogen-bond donors (Lipinski definition) is 1. The molecule has 0 aliphatic carbocycles. The Morgan fingerprint density at radius 1 is 1.25 bits per heavy atom. The van der Waals surface area contributed by atoms with Gasteiger partial charge in [-0.05, 0) is 45.0 Å². The molecule has 32 heavy (non-hydrogen) atoms. The van der Waals surface area contributed by atoms with Gasteiger partial charge in [0.2, 0.25) is 5.91 Å². The number of amides is 1. The van der Waals surface area contributed by atoms with E-state index < -0.39 is 9.84 Å². The number of carbonyl (C=O) groups excluding carboxylic acids is 1. The molecule has 1 aromatic carbocycles. The Bertz CT molecular complexity index is 1100. The molecule has 0 saturated carbocycles. The highest BCUT2D eigenvalue weighted by molar-refractivity contribution is 7.91. The molecule has 1 fully saturated rings. The maximum atomic E-state index is 12.4. The van der Waals surface area contributed by atoms with E-state index in [-0.39, 0.29) is 29.6 Å². The van der Waals surface area contributed by atoms with Crippen LogP contribution in [-0.2, 0) is 21.1 Å². The van der Waals surface area contributed by atoms with Crippen LogP contribution in [0.15, 0.2) is 24.3 Å². The quantitative estimate of drug-likeness (QED) is 0.674. The molecule has 1 N–H and O–H groups in total. The Balaban J connectivity index is 1.30. The molecular formula is C23H30N4O4S. The molecule has 1 aromatic heterocycles. The van der Waals surface area contributed by atoms with Crippen LogP contribution in [0.2, 0.25) is 0 Å². The second-order valence-corrected chi connectivity index (χ2v) is 11.0. The molecule has 1 saturated heterocycles. The highest BCUT2D eigenvalue weighted by Crippen LogP contribution is 2.37. The van der Waals surface area contributed by atoms with E-state index in [0.717, 1.165) is 28.3 Å². The number of para-hydroxylation sites is 1. The number of rotatable bonds is 7. The summed E-state index contributed by atoms with van der Waals surface area (Å²) in [5.74, 6) is 1.81. The number of fused-ring (bicyclic) bond motifs is 1. The zero-order chi connectivity index (χ0) is 22.9. The van der Waals surface area contributed by atoms with Crippen molar-refractivity contribution in [3.05, 3.63) is 41.2 Å². The van der Waals surface area contributed by atoms with Crippen molar-refractivity contribution >= 4 is 15.7 Å². The van der Waals surface area contributed by atoms with Crippen LogP contribution in [0.5, 0.6) is 5.75 Å². The fraction of sp³-hybridized carbons (Fsp3) is 0.522. The van der Waals surface area contributed by atoms with E-state index in [0.29, 0.717) is 38.2 Å². The number of carbonyl (C=O) groups is 1. The smallest absolute Gasteiger partial charge is 0.221 e. The number of benzene rings is 1. The van der Waals surface area contributed by atoms with Gasteiger partial charge in [-0.1, -0.05) is 12.1 Å². The first-order valence-corrected chi connectivity index (χ1v) is 12.8. The molecule has 4 rings (SSSR count). The minimum absolute atomic E-state index is 0.00589. The lowest BCUT2D eigenvalue weighted by molar-refractivity contribution is -0.121. The van der Waals surface area contributed by atoms with Crippen molar-refractivity contribution in [2.75, 3.05) is 31.6 Å². The summed E-state index contributed by atoms with van der Waals surface area (Å²) in [6, 6.07) is 7.93. The molecule has 0 bridgehead atoms. The van der Waals surface area contributed by atoms with E-state index in [4.69, 9.17) is 4.74 Å². The highest BCUT2D eigenvalue weighted by Gasteiger charge is 2.31. The molecule has 1 amide bonds. The third kappa shape index (κ3) is 5.27. The third-order valence-corrected chi connectivity index (χ3v) is 7.85.